The van der Waals surface area contributed by atoms with E-state index in [1.807, 2.05) is 6.07 Å². The standard InChI is InChI=1S/C20H23NO5S/c1-21(2)19(22)14-27-18-7-5-4-6-17(18)20(23)26-13-12-25-16-10-8-15(24-3)9-11-16/h4-11H,12-14H2,1-3H3. The molecule has 27 heavy (non-hydrogen) atoms. The number of carbonyl (C=O) groups excluding carboxylic acids is 2. The van der Waals surface area contributed by atoms with Gasteiger partial charge in [-0.2, -0.15) is 0 Å². The van der Waals surface area contributed by atoms with Gasteiger partial charge in [0.15, 0.2) is 0 Å². The third-order valence-corrected chi connectivity index (χ3v) is 4.66. The van der Waals surface area contributed by atoms with Crippen molar-refractivity contribution >= 4 is 23.6 Å². The van der Waals surface area contributed by atoms with E-state index < -0.39 is 5.97 Å². The van der Waals surface area contributed by atoms with Crippen LogP contribution in [-0.2, 0) is 9.53 Å². The predicted molar refractivity (Wildman–Crippen MR) is 105 cm³/mol. The molecule has 0 aliphatic heterocycles. The first-order valence-electron chi connectivity index (χ1n) is 8.37. The zero-order valence-corrected chi connectivity index (χ0v) is 16.5. The Morgan fingerprint density at radius 2 is 1.63 bits per heavy atom. The van der Waals surface area contributed by atoms with Crippen LogP contribution in [0.4, 0.5) is 0 Å². The van der Waals surface area contributed by atoms with Crippen LogP contribution in [0.3, 0.4) is 0 Å². The lowest BCUT2D eigenvalue weighted by molar-refractivity contribution is -0.125. The SMILES string of the molecule is COc1ccc(OCCOC(=O)c2ccccc2SCC(=O)N(C)C)cc1. The van der Waals surface area contributed by atoms with Gasteiger partial charge >= 0.3 is 5.97 Å². The van der Waals surface area contributed by atoms with Crippen LogP contribution in [0.2, 0.25) is 0 Å². The van der Waals surface area contributed by atoms with E-state index in [1.165, 1.54) is 16.7 Å². The maximum absolute atomic E-state index is 12.3. The summed E-state index contributed by atoms with van der Waals surface area (Å²) in [5.41, 5.74) is 0.443. The van der Waals surface area contributed by atoms with Gasteiger partial charge in [0.05, 0.1) is 18.4 Å². The first-order chi connectivity index (χ1) is 13.0. The minimum Gasteiger partial charge on any atom is -0.497 e. The molecule has 0 fully saturated rings. The first-order valence-corrected chi connectivity index (χ1v) is 9.35. The van der Waals surface area contributed by atoms with Gasteiger partial charge in [0.25, 0.3) is 0 Å². The van der Waals surface area contributed by atoms with Crippen LogP contribution in [0.25, 0.3) is 0 Å². The summed E-state index contributed by atoms with van der Waals surface area (Å²) >= 11 is 1.32. The normalized spacial score (nSPS) is 10.2. The quantitative estimate of drug-likeness (QED) is 0.373. The van der Waals surface area contributed by atoms with Crippen molar-refractivity contribution in [2.75, 3.05) is 40.2 Å². The second kappa shape index (κ2) is 10.5. The van der Waals surface area contributed by atoms with E-state index in [0.29, 0.717) is 16.2 Å². The lowest BCUT2D eigenvalue weighted by Gasteiger charge is -2.12. The summed E-state index contributed by atoms with van der Waals surface area (Å²) in [5.74, 6) is 1.23. The van der Waals surface area contributed by atoms with Crippen molar-refractivity contribution in [1.29, 1.82) is 0 Å². The van der Waals surface area contributed by atoms with Crippen molar-refractivity contribution in [2.45, 2.75) is 4.90 Å². The van der Waals surface area contributed by atoms with Crippen LogP contribution >= 0.6 is 11.8 Å². The van der Waals surface area contributed by atoms with E-state index >= 15 is 0 Å². The zero-order valence-electron chi connectivity index (χ0n) is 15.6. The number of esters is 1. The van der Waals surface area contributed by atoms with Crippen LogP contribution in [0, 0.1) is 0 Å². The summed E-state index contributed by atoms with van der Waals surface area (Å²) < 4.78 is 15.9. The maximum atomic E-state index is 12.3. The molecule has 0 aliphatic rings. The van der Waals surface area contributed by atoms with Crippen molar-refractivity contribution in [1.82, 2.24) is 4.90 Å². The molecular formula is C20H23NO5S. The van der Waals surface area contributed by atoms with Crippen LogP contribution in [0.5, 0.6) is 11.5 Å². The Morgan fingerprint density at radius 3 is 2.30 bits per heavy atom. The van der Waals surface area contributed by atoms with E-state index in [-0.39, 0.29) is 24.9 Å². The number of amides is 1. The van der Waals surface area contributed by atoms with Gasteiger partial charge in [0.1, 0.15) is 24.7 Å². The summed E-state index contributed by atoms with van der Waals surface area (Å²) in [6.07, 6.45) is 0. The number of thioether (sulfide) groups is 1. The third-order valence-electron chi connectivity index (χ3n) is 3.60. The lowest BCUT2D eigenvalue weighted by atomic mass is 10.2. The zero-order chi connectivity index (χ0) is 19.6. The molecule has 2 aromatic rings. The summed E-state index contributed by atoms with van der Waals surface area (Å²) in [4.78, 5) is 26.3. The Balaban J connectivity index is 1.83. The second-order valence-electron chi connectivity index (χ2n) is 5.73. The van der Waals surface area contributed by atoms with Gasteiger partial charge in [0, 0.05) is 19.0 Å². The van der Waals surface area contributed by atoms with E-state index in [4.69, 9.17) is 14.2 Å². The van der Waals surface area contributed by atoms with Crippen LogP contribution in [0.15, 0.2) is 53.4 Å². The van der Waals surface area contributed by atoms with Crippen molar-refractivity contribution in [2.24, 2.45) is 0 Å². The maximum Gasteiger partial charge on any atom is 0.339 e. The Morgan fingerprint density at radius 1 is 0.963 bits per heavy atom. The molecule has 2 rings (SSSR count). The molecule has 0 saturated heterocycles. The number of hydrogen-bond acceptors (Lipinski definition) is 6. The Hall–Kier alpha value is -2.67. The van der Waals surface area contributed by atoms with Crippen LogP contribution in [-0.4, -0.2) is 56.9 Å². The number of methoxy groups -OCH3 is 1. The molecular weight excluding hydrogens is 366 g/mol. The highest BCUT2D eigenvalue weighted by Gasteiger charge is 2.14. The van der Waals surface area contributed by atoms with Crippen molar-refractivity contribution in [3.63, 3.8) is 0 Å². The minimum absolute atomic E-state index is 0.0175. The molecule has 144 valence electrons. The number of nitrogens with zero attached hydrogens (tertiary/aromatic N) is 1. The average molecular weight is 389 g/mol. The fourth-order valence-electron chi connectivity index (χ4n) is 2.07. The number of benzene rings is 2. The molecule has 0 atom stereocenters. The van der Waals surface area contributed by atoms with Crippen molar-refractivity contribution < 1.29 is 23.8 Å². The third kappa shape index (κ3) is 6.53. The largest absolute Gasteiger partial charge is 0.497 e. The molecule has 0 aromatic heterocycles. The average Bonchev–Trinajstić information content (AvgIpc) is 2.69. The molecule has 0 spiro atoms. The van der Waals surface area contributed by atoms with Crippen molar-refractivity contribution in [3.05, 3.63) is 54.1 Å². The molecule has 7 heteroatoms. The molecule has 0 radical (unpaired) electrons. The van der Waals surface area contributed by atoms with Gasteiger partial charge in [-0.25, -0.2) is 4.79 Å². The number of hydrogen-bond donors (Lipinski definition) is 0. The lowest BCUT2D eigenvalue weighted by Crippen LogP contribution is -2.23. The van der Waals surface area contributed by atoms with E-state index in [1.54, 1.807) is 63.7 Å². The molecule has 0 aliphatic carbocycles. The smallest absolute Gasteiger partial charge is 0.339 e. The van der Waals surface area contributed by atoms with Crippen molar-refractivity contribution in [3.8, 4) is 11.5 Å². The second-order valence-corrected chi connectivity index (χ2v) is 6.75. The fraction of sp³-hybridized carbons (Fsp3) is 0.300. The molecule has 2 aromatic carbocycles. The molecule has 0 bridgehead atoms. The van der Waals surface area contributed by atoms with E-state index in [0.717, 1.165) is 5.75 Å². The summed E-state index contributed by atoms with van der Waals surface area (Å²) in [5, 5.41) is 0. The summed E-state index contributed by atoms with van der Waals surface area (Å²) in [6, 6.07) is 14.2. The van der Waals surface area contributed by atoms with Gasteiger partial charge < -0.3 is 19.1 Å². The Labute approximate surface area is 163 Å². The van der Waals surface area contributed by atoms with E-state index in [2.05, 4.69) is 0 Å². The van der Waals surface area contributed by atoms with E-state index in [9.17, 15) is 9.59 Å². The van der Waals surface area contributed by atoms with Crippen LogP contribution < -0.4 is 9.47 Å². The van der Waals surface area contributed by atoms with Gasteiger partial charge in [-0.15, -0.1) is 11.8 Å². The molecule has 6 nitrogen and oxygen atoms in total. The minimum atomic E-state index is -0.436. The Bertz CT molecular complexity index is 761. The molecule has 1 amide bonds. The van der Waals surface area contributed by atoms with Gasteiger partial charge in [-0.1, -0.05) is 12.1 Å². The monoisotopic (exact) mass is 389 g/mol. The molecule has 0 unspecified atom stereocenters. The number of rotatable bonds is 9. The fourth-order valence-corrected chi connectivity index (χ4v) is 3.09. The highest BCUT2D eigenvalue weighted by Crippen LogP contribution is 2.23. The van der Waals surface area contributed by atoms with Gasteiger partial charge in [-0.05, 0) is 36.4 Å². The molecule has 0 saturated carbocycles. The summed E-state index contributed by atoms with van der Waals surface area (Å²) in [6.45, 7) is 0.368. The number of ether oxygens (including phenoxy) is 3. The molecule has 0 N–H and O–H groups in total. The highest BCUT2D eigenvalue weighted by atomic mass is 32.2. The van der Waals surface area contributed by atoms with Gasteiger partial charge in [-0.3, -0.25) is 4.79 Å². The molecule has 0 heterocycles. The highest BCUT2D eigenvalue weighted by molar-refractivity contribution is 8.00. The predicted octanol–water partition coefficient (Wildman–Crippen LogP) is 3.11. The first kappa shape index (κ1) is 20.6. The van der Waals surface area contributed by atoms with Gasteiger partial charge in [0.2, 0.25) is 5.91 Å². The topological polar surface area (TPSA) is 65.1 Å². The Kier molecular flexibility index (Phi) is 8.00. The number of carbonyl (C=O) groups is 2. The van der Waals surface area contributed by atoms with Crippen LogP contribution in [0.1, 0.15) is 10.4 Å². The summed E-state index contributed by atoms with van der Waals surface area (Å²) in [7, 11) is 5.00.